The van der Waals surface area contributed by atoms with E-state index in [1.54, 1.807) is 0 Å². The molecule has 2 aromatic rings. The fourth-order valence-electron chi connectivity index (χ4n) is 1.33. The van der Waals surface area contributed by atoms with Gasteiger partial charge in [0.2, 0.25) is 0 Å². The fourth-order valence-corrected chi connectivity index (χ4v) is 1.33. The highest BCUT2D eigenvalue weighted by Crippen LogP contribution is 2.22. The number of aromatic nitrogens is 2. The summed E-state index contributed by atoms with van der Waals surface area (Å²) in [5.74, 6) is -2.64. The van der Waals surface area contributed by atoms with E-state index >= 15 is 0 Å². The Morgan fingerprint density at radius 3 is 2.38 bits per heavy atom. The van der Waals surface area contributed by atoms with Crippen LogP contribution >= 0.6 is 0 Å². The highest BCUT2D eigenvalue weighted by atomic mass is 19.4. The summed E-state index contributed by atoms with van der Waals surface area (Å²) >= 11 is 0. The first kappa shape index (κ1) is 10.8. The van der Waals surface area contributed by atoms with Crippen molar-refractivity contribution in [1.29, 1.82) is 0 Å². The van der Waals surface area contributed by atoms with Crippen LogP contribution in [0.2, 0.25) is 0 Å². The molecule has 7 heteroatoms. The van der Waals surface area contributed by atoms with E-state index in [0.717, 1.165) is 12.1 Å². The minimum absolute atomic E-state index is 0.0295. The van der Waals surface area contributed by atoms with Gasteiger partial charge < -0.3 is 4.98 Å². The molecule has 1 aromatic heterocycles. The number of fused-ring (bicyclic) bond motifs is 1. The first-order valence-corrected chi connectivity index (χ1v) is 4.25. The predicted octanol–water partition coefficient (Wildman–Crippen LogP) is 2.95. The average Bonchev–Trinajstić information content (AvgIpc) is 2.44. The van der Waals surface area contributed by atoms with Gasteiger partial charge in [-0.3, -0.25) is 0 Å². The van der Waals surface area contributed by atoms with Gasteiger partial charge in [0, 0.05) is 12.1 Å². The maximum absolute atomic E-state index is 12.8. The van der Waals surface area contributed by atoms with Gasteiger partial charge in [-0.2, -0.15) is 13.2 Å². The minimum Gasteiger partial charge on any atom is -0.342 e. The van der Waals surface area contributed by atoms with Crippen molar-refractivity contribution in [3.8, 4) is 0 Å². The average molecular weight is 236 g/mol. The van der Waals surface area contributed by atoms with Crippen LogP contribution in [0.25, 0.3) is 11.0 Å². The third kappa shape index (κ3) is 2.12. The molecular weight excluding hydrogens is 231 g/mol. The van der Waals surface area contributed by atoms with Crippen LogP contribution in [0, 0.1) is 11.6 Å². The summed E-state index contributed by atoms with van der Waals surface area (Å²) in [5.41, 5.74) is 0.0105. The Morgan fingerprint density at radius 2 is 1.75 bits per heavy atom. The molecule has 86 valence electrons. The number of aromatic amines is 1. The van der Waals surface area contributed by atoms with Crippen LogP contribution in [0.4, 0.5) is 22.0 Å². The van der Waals surface area contributed by atoms with Gasteiger partial charge in [-0.15, -0.1) is 0 Å². The van der Waals surface area contributed by atoms with Crippen molar-refractivity contribution in [3.05, 3.63) is 29.6 Å². The van der Waals surface area contributed by atoms with Gasteiger partial charge in [-0.05, 0) is 0 Å². The van der Waals surface area contributed by atoms with E-state index in [1.807, 2.05) is 0 Å². The third-order valence-electron chi connectivity index (χ3n) is 1.94. The van der Waals surface area contributed by atoms with Gasteiger partial charge in [0.1, 0.15) is 12.2 Å². The van der Waals surface area contributed by atoms with Crippen molar-refractivity contribution in [1.82, 2.24) is 9.97 Å². The summed E-state index contributed by atoms with van der Waals surface area (Å²) in [7, 11) is 0. The van der Waals surface area contributed by atoms with Crippen LogP contribution in [0.1, 0.15) is 5.82 Å². The third-order valence-corrected chi connectivity index (χ3v) is 1.94. The molecule has 0 unspecified atom stereocenters. The second kappa shape index (κ2) is 3.43. The molecule has 0 aliphatic rings. The Hall–Kier alpha value is -1.66. The van der Waals surface area contributed by atoms with Gasteiger partial charge in [0.25, 0.3) is 0 Å². The van der Waals surface area contributed by atoms with Crippen molar-refractivity contribution in [2.75, 3.05) is 0 Å². The summed E-state index contributed by atoms with van der Waals surface area (Å²) in [6, 6.07) is 1.53. The van der Waals surface area contributed by atoms with E-state index in [-0.39, 0.29) is 16.9 Å². The highest BCUT2D eigenvalue weighted by molar-refractivity contribution is 5.75. The van der Waals surface area contributed by atoms with Crippen LogP contribution in [-0.2, 0) is 6.42 Å². The molecule has 0 bridgehead atoms. The molecule has 0 saturated heterocycles. The molecule has 1 N–H and O–H groups in total. The van der Waals surface area contributed by atoms with Crippen LogP contribution < -0.4 is 0 Å². The Labute approximate surface area is 86.1 Å². The number of rotatable bonds is 1. The van der Waals surface area contributed by atoms with Gasteiger partial charge in [0.15, 0.2) is 11.6 Å². The van der Waals surface area contributed by atoms with Crippen LogP contribution in [0.5, 0.6) is 0 Å². The van der Waals surface area contributed by atoms with Crippen molar-refractivity contribution in [2.24, 2.45) is 0 Å². The minimum atomic E-state index is -4.41. The molecule has 0 aliphatic carbocycles. The number of benzene rings is 1. The zero-order valence-electron chi connectivity index (χ0n) is 7.70. The Morgan fingerprint density at radius 1 is 1.12 bits per heavy atom. The Balaban J connectivity index is 2.44. The number of halogens is 5. The molecule has 0 saturated carbocycles. The Bertz CT molecular complexity index is 489. The molecule has 1 heterocycles. The van der Waals surface area contributed by atoms with Crippen LogP contribution in [0.15, 0.2) is 12.1 Å². The van der Waals surface area contributed by atoms with Gasteiger partial charge in [-0.1, -0.05) is 0 Å². The highest BCUT2D eigenvalue weighted by Gasteiger charge is 2.29. The molecule has 0 aliphatic heterocycles. The molecule has 0 radical (unpaired) electrons. The van der Waals surface area contributed by atoms with Crippen LogP contribution in [-0.4, -0.2) is 16.1 Å². The number of hydrogen-bond donors (Lipinski definition) is 1. The molecule has 2 nitrogen and oxygen atoms in total. The van der Waals surface area contributed by atoms with Crippen LogP contribution in [0.3, 0.4) is 0 Å². The summed E-state index contributed by atoms with van der Waals surface area (Å²) < 4.78 is 61.6. The topological polar surface area (TPSA) is 28.7 Å². The number of H-pyrrole nitrogens is 1. The second-order valence-corrected chi connectivity index (χ2v) is 3.26. The molecule has 2 rings (SSSR count). The summed E-state index contributed by atoms with van der Waals surface area (Å²) in [4.78, 5) is 5.80. The quantitative estimate of drug-likeness (QED) is 0.757. The van der Waals surface area contributed by atoms with Gasteiger partial charge >= 0.3 is 6.18 Å². The maximum Gasteiger partial charge on any atom is 0.396 e. The normalized spacial score (nSPS) is 12.3. The first-order chi connectivity index (χ1) is 7.35. The monoisotopic (exact) mass is 236 g/mol. The summed E-state index contributed by atoms with van der Waals surface area (Å²) in [6.07, 6.45) is -5.67. The maximum atomic E-state index is 12.8. The lowest BCUT2D eigenvalue weighted by atomic mass is 10.3. The molecule has 0 spiro atoms. The molecular formula is C9H5F5N2. The molecule has 0 fully saturated rings. The van der Waals surface area contributed by atoms with Gasteiger partial charge in [0.05, 0.1) is 11.0 Å². The van der Waals surface area contributed by atoms with Crippen molar-refractivity contribution >= 4 is 11.0 Å². The van der Waals surface area contributed by atoms with E-state index in [1.165, 1.54) is 0 Å². The molecule has 0 amide bonds. The smallest absolute Gasteiger partial charge is 0.342 e. The fraction of sp³-hybridized carbons (Fsp3) is 0.222. The summed E-state index contributed by atoms with van der Waals surface area (Å²) in [6.45, 7) is 0. The predicted molar refractivity (Wildman–Crippen MR) is 45.8 cm³/mol. The Kier molecular flexibility index (Phi) is 2.32. The largest absolute Gasteiger partial charge is 0.396 e. The first-order valence-electron chi connectivity index (χ1n) is 4.25. The zero-order valence-corrected chi connectivity index (χ0v) is 7.70. The van der Waals surface area contributed by atoms with Crippen molar-refractivity contribution < 1.29 is 22.0 Å². The number of imidazole rings is 1. The molecule has 16 heavy (non-hydrogen) atoms. The van der Waals surface area contributed by atoms with Gasteiger partial charge in [-0.25, -0.2) is 13.8 Å². The number of nitrogens with one attached hydrogen (secondary N) is 1. The SMILES string of the molecule is Fc1cc2nc(CC(F)(F)F)[nH]c2cc1F. The number of hydrogen-bond acceptors (Lipinski definition) is 1. The van der Waals surface area contributed by atoms with E-state index < -0.39 is 24.2 Å². The van der Waals surface area contributed by atoms with E-state index in [2.05, 4.69) is 9.97 Å². The lowest BCUT2D eigenvalue weighted by Crippen LogP contribution is -2.12. The molecule has 0 atom stereocenters. The summed E-state index contributed by atoms with van der Waals surface area (Å²) in [5, 5.41) is 0. The van der Waals surface area contributed by atoms with Crippen molar-refractivity contribution in [3.63, 3.8) is 0 Å². The zero-order chi connectivity index (χ0) is 11.9. The standard InChI is InChI=1S/C9H5F5N2/c10-4-1-6-7(2-5(4)11)16-8(15-6)3-9(12,13)14/h1-2H,3H2,(H,15,16). The van der Waals surface area contributed by atoms with E-state index in [4.69, 9.17) is 0 Å². The van der Waals surface area contributed by atoms with E-state index in [9.17, 15) is 22.0 Å². The number of nitrogens with zero attached hydrogens (tertiary/aromatic N) is 1. The van der Waals surface area contributed by atoms with E-state index in [0.29, 0.717) is 0 Å². The molecule has 1 aromatic carbocycles. The second-order valence-electron chi connectivity index (χ2n) is 3.26. The lowest BCUT2D eigenvalue weighted by molar-refractivity contribution is -0.128. The number of alkyl halides is 3. The lowest BCUT2D eigenvalue weighted by Gasteiger charge is -2.01. The van der Waals surface area contributed by atoms with Crippen molar-refractivity contribution in [2.45, 2.75) is 12.6 Å².